The van der Waals surface area contributed by atoms with Crippen molar-refractivity contribution in [2.24, 2.45) is 0 Å². The van der Waals surface area contributed by atoms with Crippen LogP contribution < -0.4 is 10.1 Å². The predicted octanol–water partition coefficient (Wildman–Crippen LogP) is 3.37. The lowest BCUT2D eigenvalue weighted by atomic mass is 10.1. The minimum Gasteiger partial charge on any atom is -0.497 e. The van der Waals surface area contributed by atoms with Crippen LogP contribution in [0.3, 0.4) is 0 Å². The quantitative estimate of drug-likeness (QED) is 0.664. The molecule has 2 N–H and O–H groups in total. The minimum absolute atomic E-state index is 0.115. The molecule has 0 bridgehead atoms. The molecule has 0 aliphatic heterocycles. The largest absolute Gasteiger partial charge is 0.497 e. The van der Waals surface area contributed by atoms with Crippen LogP contribution >= 0.6 is 11.8 Å². The number of H-pyrrole nitrogens is 1. The third-order valence-corrected chi connectivity index (χ3v) is 4.40. The molecule has 0 unspecified atom stereocenters. The summed E-state index contributed by atoms with van der Waals surface area (Å²) in [7, 11) is 1.62. The van der Waals surface area contributed by atoms with Crippen molar-refractivity contribution in [1.82, 2.24) is 9.97 Å². The first kappa shape index (κ1) is 16.9. The number of imidazole rings is 1. The van der Waals surface area contributed by atoms with Crippen LogP contribution in [0.1, 0.15) is 5.56 Å². The number of thioether (sulfide) groups is 1. The average molecular weight is 352 g/mol. The molecule has 0 saturated heterocycles. The summed E-state index contributed by atoms with van der Waals surface area (Å²) in [6.07, 6.45) is 0.362. The van der Waals surface area contributed by atoms with E-state index in [1.54, 1.807) is 19.2 Å². The highest BCUT2D eigenvalue weighted by molar-refractivity contribution is 7.99. The number of methoxy groups -OCH3 is 1. The molecule has 0 aliphatic carbocycles. The van der Waals surface area contributed by atoms with E-state index in [1.807, 2.05) is 30.3 Å². The molecule has 0 spiro atoms. The van der Waals surface area contributed by atoms with E-state index >= 15 is 0 Å². The van der Waals surface area contributed by atoms with E-state index in [0.717, 1.165) is 22.3 Å². The van der Waals surface area contributed by atoms with Gasteiger partial charge in [0.2, 0.25) is 5.91 Å². The van der Waals surface area contributed by atoms with E-state index < -0.39 is 0 Å². The molecule has 25 heavy (non-hydrogen) atoms. The van der Waals surface area contributed by atoms with E-state index in [0.29, 0.717) is 17.3 Å². The van der Waals surface area contributed by atoms with Crippen molar-refractivity contribution in [2.75, 3.05) is 18.2 Å². The first-order valence-corrected chi connectivity index (χ1v) is 8.59. The zero-order valence-electron chi connectivity index (χ0n) is 13.6. The highest BCUT2D eigenvalue weighted by atomic mass is 32.2. The number of benzene rings is 2. The molecular formula is C18H16N4O2S. The van der Waals surface area contributed by atoms with Crippen molar-refractivity contribution in [3.63, 3.8) is 0 Å². The Balaban J connectivity index is 1.57. The zero-order valence-corrected chi connectivity index (χ0v) is 14.4. The Morgan fingerprint density at radius 1 is 1.32 bits per heavy atom. The summed E-state index contributed by atoms with van der Waals surface area (Å²) in [6.45, 7) is 0. The summed E-state index contributed by atoms with van der Waals surface area (Å²) < 4.78 is 5.18. The number of hydrogen-bond donors (Lipinski definition) is 2. The normalized spacial score (nSPS) is 10.4. The van der Waals surface area contributed by atoms with Crippen molar-refractivity contribution in [2.45, 2.75) is 11.6 Å². The van der Waals surface area contributed by atoms with Crippen molar-refractivity contribution in [3.05, 3.63) is 48.0 Å². The van der Waals surface area contributed by atoms with Gasteiger partial charge in [0.1, 0.15) is 5.75 Å². The first-order chi connectivity index (χ1) is 12.2. The van der Waals surface area contributed by atoms with Crippen molar-refractivity contribution in [3.8, 4) is 11.8 Å². The van der Waals surface area contributed by atoms with Gasteiger partial charge in [-0.15, -0.1) is 0 Å². The maximum atomic E-state index is 12.1. The Morgan fingerprint density at radius 3 is 2.84 bits per heavy atom. The number of nitrogens with one attached hydrogen (secondary N) is 2. The highest BCUT2D eigenvalue weighted by Crippen LogP contribution is 2.23. The second-order valence-electron chi connectivity index (χ2n) is 5.29. The van der Waals surface area contributed by atoms with Gasteiger partial charge in [-0.25, -0.2) is 4.98 Å². The molecule has 126 valence electrons. The number of nitrogens with zero attached hydrogens (tertiary/aromatic N) is 2. The lowest BCUT2D eigenvalue weighted by Crippen LogP contribution is -2.14. The molecule has 0 fully saturated rings. The van der Waals surface area contributed by atoms with Gasteiger partial charge in [-0.3, -0.25) is 4.79 Å². The van der Waals surface area contributed by atoms with Crippen molar-refractivity contribution in [1.29, 1.82) is 5.26 Å². The van der Waals surface area contributed by atoms with Crippen LogP contribution in [0.15, 0.2) is 47.6 Å². The van der Waals surface area contributed by atoms with Gasteiger partial charge in [-0.1, -0.05) is 23.9 Å². The minimum atomic E-state index is -0.115. The van der Waals surface area contributed by atoms with Crippen LogP contribution in [0.25, 0.3) is 11.0 Å². The van der Waals surface area contributed by atoms with Gasteiger partial charge in [0, 0.05) is 11.8 Å². The van der Waals surface area contributed by atoms with E-state index in [-0.39, 0.29) is 11.7 Å². The van der Waals surface area contributed by atoms with Crippen LogP contribution in [-0.4, -0.2) is 28.7 Å². The molecule has 1 amide bonds. The number of anilines is 1. The number of fused-ring (bicyclic) bond motifs is 1. The number of aromatic nitrogens is 2. The lowest BCUT2D eigenvalue weighted by molar-refractivity contribution is -0.113. The monoisotopic (exact) mass is 352 g/mol. The van der Waals surface area contributed by atoms with Crippen molar-refractivity contribution >= 4 is 34.4 Å². The molecule has 1 heterocycles. The predicted molar refractivity (Wildman–Crippen MR) is 97.8 cm³/mol. The molecule has 3 rings (SSSR count). The molecule has 0 saturated carbocycles. The summed E-state index contributed by atoms with van der Waals surface area (Å²) in [4.78, 5) is 19.7. The Hall–Kier alpha value is -2.98. The average Bonchev–Trinajstić information content (AvgIpc) is 3.04. The Labute approximate surface area is 149 Å². The third kappa shape index (κ3) is 4.31. The number of hydrogen-bond acceptors (Lipinski definition) is 5. The van der Waals surface area contributed by atoms with Crippen molar-refractivity contribution < 1.29 is 9.53 Å². The van der Waals surface area contributed by atoms with Gasteiger partial charge >= 0.3 is 0 Å². The van der Waals surface area contributed by atoms with Gasteiger partial charge < -0.3 is 15.0 Å². The molecule has 0 radical (unpaired) electrons. The number of amides is 1. The third-order valence-electron chi connectivity index (χ3n) is 3.53. The molecule has 6 nitrogen and oxygen atoms in total. The van der Waals surface area contributed by atoms with E-state index in [4.69, 9.17) is 10.00 Å². The topological polar surface area (TPSA) is 90.8 Å². The van der Waals surface area contributed by atoms with Gasteiger partial charge in [0.15, 0.2) is 5.16 Å². The second kappa shape index (κ2) is 7.73. The van der Waals surface area contributed by atoms with Crippen LogP contribution in [0, 0.1) is 11.3 Å². The number of aromatic amines is 1. The summed E-state index contributed by atoms with van der Waals surface area (Å²) in [5.74, 6) is 0.887. The maximum absolute atomic E-state index is 12.1. The lowest BCUT2D eigenvalue weighted by Gasteiger charge is -2.04. The van der Waals surface area contributed by atoms with E-state index in [1.165, 1.54) is 11.8 Å². The molecule has 0 aliphatic rings. The Bertz CT molecular complexity index is 928. The molecule has 3 aromatic rings. The summed E-state index contributed by atoms with van der Waals surface area (Å²) >= 11 is 1.34. The number of ether oxygens (including phenoxy) is 1. The molecule has 7 heteroatoms. The van der Waals surface area contributed by atoms with Gasteiger partial charge in [0.05, 0.1) is 36.4 Å². The van der Waals surface area contributed by atoms with Crippen LogP contribution in [-0.2, 0) is 11.2 Å². The SMILES string of the molecule is COc1ccc2nc(SCC(=O)Nc3ccc(CC#N)cc3)[nH]c2c1. The Morgan fingerprint density at radius 2 is 2.12 bits per heavy atom. The van der Waals surface area contributed by atoms with Crippen LogP contribution in [0.5, 0.6) is 5.75 Å². The number of carbonyl (C=O) groups is 1. The molecule has 2 aromatic carbocycles. The maximum Gasteiger partial charge on any atom is 0.234 e. The van der Waals surface area contributed by atoms with Gasteiger partial charge in [-0.05, 0) is 29.8 Å². The number of rotatable bonds is 6. The summed E-state index contributed by atoms with van der Waals surface area (Å²) in [6, 6.07) is 14.9. The number of nitriles is 1. The highest BCUT2D eigenvalue weighted by Gasteiger charge is 2.08. The fourth-order valence-corrected chi connectivity index (χ4v) is 2.97. The summed E-state index contributed by atoms with van der Waals surface area (Å²) in [5.41, 5.74) is 3.33. The Kier molecular flexibility index (Phi) is 5.21. The fraction of sp³-hybridized carbons (Fsp3) is 0.167. The van der Waals surface area contributed by atoms with Crippen LogP contribution in [0.2, 0.25) is 0 Å². The summed E-state index contributed by atoms with van der Waals surface area (Å²) in [5, 5.41) is 12.2. The first-order valence-electron chi connectivity index (χ1n) is 7.60. The second-order valence-corrected chi connectivity index (χ2v) is 6.26. The molecule has 0 atom stereocenters. The van der Waals surface area contributed by atoms with Crippen LogP contribution in [0.4, 0.5) is 5.69 Å². The fourth-order valence-electron chi connectivity index (χ4n) is 2.29. The molecular weight excluding hydrogens is 336 g/mol. The smallest absolute Gasteiger partial charge is 0.234 e. The zero-order chi connectivity index (χ0) is 17.6. The van der Waals surface area contributed by atoms with E-state index in [2.05, 4.69) is 21.4 Å². The van der Waals surface area contributed by atoms with Gasteiger partial charge in [0.25, 0.3) is 0 Å². The van der Waals surface area contributed by atoms with Gasteiger partial charge in [-0.2, -0.15) is 5.26 Å². The van der Waals surface area contributed by atoms with E-state index in [9.17, 15) is 4.79 Å². The standard InChI is InChI=1S/C18H16N4O2S/c1-24-14-6-7-15-16(10-14)22-18(21-15)25-11-17(23)20-13-4-2-12(3-5-13)8-9-19/h2-7,10H,8,11H2,1H3,(H,20,23)(H,21,22). The molecule has 1 aromatic heterocycles. The number of carbonyl (C=O) groups excluding carboxylic acids is 1.